The molecule has 5 nitrogen and oxygen atoms in total. The van der Waals surface area contributed by atoms with Crippen LogP contribution in [0.15, 0.2) is 42.5 Å². The summed E-state index contributed by atoms with van der Waals surface area (Å²) in [4.78, 5) is 23.2. The van der Waals surface area contributed by atoms with Crippen LogP contribution in [0.3, 0.4) is 0 Å². The Hall–Kier alpha value is -2.82. The Bertz CT molecular complexity index is 869. The second kappa shape index (κ2) is 8.05. The molecule has 0 aliphatic rings. The average Bonchev–Trinajstić information content (AvgIpc) is 2.58. The first-order chi connectivity index (χ1) is 12.9. The quantitative estimate of drug-likeness (QED) is 0.582. The summed E-state index contributed by atoms with van der Waals surface area (Å²) in [5.41, 5.74) is 2.11. The molecule has 0 spiro atoms. The second-order valence-corrected chi connectivity index (χ2v) is 8.81. The van der Waals surface area contributed by atoms with Gasteiger partial charge in [-0.05, 0) is 46.2 Å². The molecule has 0 heterocycles. The minimum atomic E-state index is -1.08. The van der Waals surface area contributed by atoms with E-state index in [1.807, 2.05) is 12.1 Å². The molecule has 28 heavy (non-hydrogen) atoms. The van der Waals surface area contributed by atoms with Crippen LogP contribution in [0.25, 0.3) is 0 Å². The Morgan fingerprint density at radius 3 is 2.18 bits per heavy atom. The number of benzene rings is 2. The largest absolute Gasteiger partial charge is 0.482 e. The van der Waals surface area contributed by atoms with E-state index in [1.165, 1.54) is 29.8 Å². The maximum absolute atomic E-state index is 12.2. The molecule has 0 amide bonds. The molecule has 0 saturated carbocycles. The van der Waals surface area contributed by atoms with Gasteiger partial charge in [0, 0.05) is 0 Å². The molecule has 0 aliphatic heterocycles. The van der Waals surface area contributed by atoms with Crippen LogP contribution in [-0.2, 0) is 15.6 Å². The van der Waals surface area contributed by atoms with Crippen LogP contribution in [0.4, 0.5) is 0 Å². The van der Waals surface area contributed by atoms with Gasteiger partial charge in [0.25, 0.3) is 0 Å². The van der Waals surface area contributed by atoms with E-state index in [0.717, 1.165) is 5.56 Å². The van der Waals surface area contributed by atoms with Gasteiger partial charge in [0.05, 0.1) is 5.56 Å². The first-order valence-electron chi connectivity index (χ1n) is 9.20. The van der Waals surface area contributed by atoms with E-state index in [1.54, 1.807) is 0 Å². The molecule has 2 aromatic rings. The molecule has 0 radical (unpaired) electrons. The molecule has 5 heteroatoms. The van der Waals surface area contributed by atoms with Crippen LogP contribution in [0.5, 0.6) is 11.5 Å². The van der Waals surface area contributed by atoms with E-state index in [4.69, 9.17) is 14.6 Å². The number of carboxylic acids is 1. The predicted octanol–water partition coefficient (Wildman–Crippen LogP) is 4.96. The zero-order valence-electron chi connectivity index (χ0n) is 17.3. The lowest BCUT2D eigenvalue weighted by atomic mass is 9.80. The number of ether oxygens (including phenoxy) is 2. The molecule has 150 valence electrons. The summed E-state index contributed by atoms with van der Waals surface area (Å²) in [6.07, 6.45) is 0. The average molecular weight is 384 g/mol. The summed E-state index contributed by atoms with van der Waals surface area (Å²) < 4.78 is 11.0. The van der Waals surface area contributed by atoms with E-state index >= 15 is 0 Å². The van der Waals surface area contributed by atoms with Gasteiger partial charge in [-0.25, -0.2) is 9.59 Å². The third-order valence-electron chi connectivity index (χ3n) is 4.31. The summed E-state index contributed by atoms with van der Waals surface area (Å²) in [6, 6.07) is 11.8. The van der Waals surface area contributed by atoms with Crippen molar-refractivity contribution in [3.8, 4) is 11.5 Å². The molecule has 0 saturated heterocycles. The van der Waals surface area contributed by atoms with Gasteiger partial charge in [-0.2, -0.15) is 0 Å². The third kappa shape index (κ3) is 5.59. The summed E-state index contributed by atoms with van der Waals surface area (Å²) in [6.45, 7) is 12.5. The molecule has 0 bridgehead atoms. The van der Waals surface area contributed by atoms with E-state index < -0.39 is 11.9 Å². The molecular formula is C23H28O5. The lowest BCUT2D eigenvalue weighted by Crippen LogP contribution is -2.21. The topological polar surface area (TPSA) is 72.8 Å². The van der Waals surface area contributed by atoms with Crippen LogP contribution < -0.4 is 9.47 Å². The van der Waals surface area contributed by atoms with Crippen molar-refractivity contribution < 1.29 is 24.2 Å². The monoisotopic (exact) mass is 384 g/mol. The van der Waals surface area contributed by atoms with Crippen molar-refractivity contribution in [1.82, 2.24) is 0 Å². The van der Waals surface area contributed by atoms with Crippen LogP contribution in [-0.4, -0.2) is 23.7 Å². The number of hydrogen-bond acceptors (Lipinski definition) is 4. The normalized spacial score (nSPS) is 11.8. The van der Waals surface area contributed by atoms with Gasteiger partial charge in [-0.15, -0.1) is 0 Å². The van der Waals surface area contributed by atoms with Crippen molar-refractivity contribution >= 4 is 11.9 Å². The molecule has 0 unspecified atom stereocenters. The molecule has 0 aromatic heterocycles. The molecule has 2 aromatic carbocycles. The van der Waals surface area contributed by atoms with Gasteiger partial charge >= 0.3 is 11.9 Å². The summed E-state index contributed by atoms with van der Waals surface area (Å²) in [5, 5.41) is 9.02. The SMILES string of the molecule is CC(C)(C)c1ccc(OCC(=O)Oc2cccc(C(=O)O)c2)c(C(C)(C)C)c1. The summed E-state index contributed by atoms with van der Waals surface area (Å²) >= 11 is 0. The Balaban J connectivity index is 2.14. The highest BCUT2D eigenvalue weighted by Crippen LogP contribution is 2.35. The Morgan fingerprint density at radius 2 is 1.61 bits per heavy atom. The van der Waals surface area contributed by atoms with Crippen molar-refractivity contribution in [2.45, 2.75) is 52.4 Å². The molecule has 0 aliphatic carbocycles. The van der Waals surface area contributed by atoms with Gasteiger partial charge in [0.15, 0.2) is 6.61 Å². The van der Waals surface area contributed by atoms with Gasteiger partial charge < -0.3 is 14.6 Å². The molecule has 0 fully saturated rings. The smallest absolute Gasteiger partial charge is 0.349 e. The van der Waals surface area contributed by atoms with Crippen molar-refractivity contribution in [1.29, 1.82) is 0 Å². The standard InChI is InChI=1S/C23H28O5/c1-22(2,3)16-10-11-19(18(13-16)23(4,5)6)27-14-20(24)28-17-9-7-8-15(12-17)21(25)26/h7-13H,14H2,1-6H3,(H,25,26). The highest BCUT2D eigenvalue weighted by molar-refractivity contribution is 5.88. The Morgan fingerprint density at radius 1 is 0.929 bits per heavy atom. The number of carbonyl (C=O) groups excluding carboxylic acids is 1. The summed E-state index contributed by atoms with van der Waals surface area (Å²) in [7, 11) is 0. The van der Waals surface area contributed by atoms with Crippen molar-refractivity contribution in [2.75, 3.05) is 6.61 Å². The number of rotatable bonds is 5. The van der Waals surface area contributed by atoms with Crippen LogP contribution in [0.2, 0.25) is 0 Å². The highest BCUT2D eigenvalue weighted by atomic mass is 16.6. The van der Waals surface area contributed by atoms with Gasteiger partial charge in [0.1, 0.15) is 11.5 Å². The first-order valence-corrected chi connectivity index (χ1v) is 9.20. The minimum Gasteiger partial charge on any atom is -0.482 e. The number of carboxylic acid groups (broad SMARTS) is 1. The maximum Gasteiger partial charge on any atom is 0.349 e. The number of esters is 1. The molecule has 2 rings (SSSR count). The van der Waals surface area contributed by atoms with E-state index in [9.17, 15) is 9.59 Å². The minimum absolute atomic E-state index is 0.00657. The summed E-state index contributed by atoms with van der Waals surface area (Å²) in [5.74, 6) is -0.866. The number of carbonyl (C=O) groups is 2. The van der Waals surface area contributed by atoms with Crippen LogP contribution in [0, 0.1) is 0 Å². The molecule has 0 atom stereocenters. The van der Waals surface area contributed by atoms with Gasteiger partial charge in [-0.3, -0.25) is 0 Å². The second-order valence-electron chi connectivity index (χ2n) is 8.81. The van der Waals surface area contributed by atoms with Crippen molar-refractivity contribution in [2.24, 2.45) is 0 Å². The highest BCUT2D eigenvalue weighted by Gasteiger charge is 2.23. The zero-order valence-corrected chi connectivity index (χ0v) is 17.3. The Labute approximate surface area is 166 Å². The fourth-order valence-corrected chi connectivity index (χ4v) is 2.70. The van der Waals surface area contributed by atoms with Crippen molar-refractivity contribution in [3.05, 3.63) is 59.2 Å². The van der Waals surface area contributed by atoms with Crippen molar-refractivity contribution in [3.63, 3.8) is 0 Å². The fourth-order valence-electron chi connectivity index (χ4n) is 2.70. The zero-order chi connectivity index (χ0) is 21.1. The predicted molar refractivity (Wildman–Crippen MR) is 108 cm³/mol. The molecule has 1 N–H and O–H groups in total. The first kappa shape index (κ1) is 21.5. The fraction of sp³-hybridized carbons (Fsp3) is 0.391. The van der Waals surface area contributed by atoms with Crippen LogP contribution >= 0.6 is 0 Å². The lowest BCUT2D eigenvalue weighted by molar-refractivity contribution is -0.136. The van der Waals surface area contributed by atoms with Gasteiger partial charge in [-0.1, -0.05) is 59.7 Å². The number of aromatic carboxylic acids is 1. The van der Waals surface area contributed by atoms with Crippen LogP contribution in [0.1, 0.15) is 63.0 Å². The van der Waals surface area contributed by atoms with E-state index in [0.29, 0.717) is 5.75 Å². The van der Waals surface area contributed by atoms with E-state index in [-0.39, 0.29) is 28.7 Å². The van der Waals surface area contributed by atoms with E-state index in [2.05, 4.69) is 47.6 Å². The Kier molecular flexibility index (Phi) is 6.17. The van der Waals surface area contributed by atoms with Gasteiger partial charge in [0.2, 0.25) is 0 Å². The third-order valence-corrected chi connectivity index (χ3v) is 4.31. The molecular weight excluding hydrogens is 356 g/mol. The lowest BCUT2D eigenvalue weighted by Gasteiger charge is -2.27. The number of hydrogen-bond donors (Lipinski definition) is 1. The maximum atomic E-state index is 12.2.